The van der Waals surface area contributed by atoms with Gasteiger partial charge in [-0.05, 0) is 51.2 Å². The molecule has 2 bridgehead atoms. The summed E-state index contributed by atoms with van der Waals surface area (Å²) in [5, 5.41) is 14.2. The zero-order valence-corrected chi connectivity index (χ0v) is 12.9. The molecule has 0 aromatic heterocycles. The molecule has 1 aromatic carbocycles. The van der Waals surface area contributed by atoms with E-state index in [-0.39, 0.29) is 22.6 Å². The van der Waals surface area contributed by atoms with Crippen LogP contribution < -0.4 is 10.2 Å². The minimum absolute atomic E-state index is 0.000509. The monoisotopic (exact) mass is 303 g/mol. The summed E-state index contributed by atoms with van der Waals surface area (Å²) in [6.07, 6.45) is 3.47. The van der Waals surface area contributed by atoms with Crippen molar-refractivity contribution in [1.82, 2.24) is 5.32 Å². The standard InChI is InChI=1S/C16H21N3O3/c1-10(2)17-16(20)12-4-6-14(15(8-12)19(21)22)18-9-11-3-5-13(18)7-11/h4,6,8,10-11,13H,3,5,7,9H2,1-2H3,(H,17,20). The lowest BCUT2D eigenvalue weighted by Crippen LogP contribution is -2.33. The van der Waals surface area contributed by atoms with Crippen molar-refractivity contribution in [2.75, 3.05) is 11.4 Å². The molecule has 6 heteroatoms. The molecule has 1 aliphatic heterocycles. The zero-order chi connectivity index (χ0) is 15.9. The number of hydrogen-bond acceptors (Lipinski definition) is 4. The molecule has 2 fully saturated rings. The van der Waals surface area contributed by atoms with E-state index in [1.165, 1.54) is 12.5 Å². The highest BCUT2D eigenvalue weighted by Crippen LogP contribution is 2.43. The molecule has 1 saturated heterocycles. The number of amides is 1. The second-order valence-corrected chi connectivity index (χ2v) is 6.57. The number of anilines is 1. The van der Waals surface area contributed by atoms with Gasteiger partial charge in [-0.2, -0.15) is 0 Å². The first-order valence-corrected chi connectivity index (χ1v) is 7.81. The molecule has 1 saturated carbocycles. The van der Waals surface area contributed by atoms with Crippen LogP contribution in [-0.4, -0.2) is 29.5 Å². The number of carbonyl (C=O) groups is 1. The molecule has 1 aromatic rings. The van der Waals surface area contributed by atoms with Crippen molar-refractivity contribution in [3.63, 3.8) is 0 Å². The Morgan fingerprint density at radius 3 is 2.73 bits per heavy atom. The van der Waals surface area contributed by atoms with Crippen molar-refractivity contribution in [3.8, 4) is 0 Å². The number of nitrogens with one attached hydrogen (secondary N) is 1. The minimum atomic E-state index is -0.381. The molecule has 22 heavy (non-hydrogen) atoms. The third-order valence-electron chi connectivity index (χ3n) is 4.57. The number of nitro benzene ring substituents is 1. The van der Waals surface area contributed by atoms with Gasteiger partial charge in [0.25, 0.3) is 11.6 Å². The maximum atomic E-state index is 12.0. The second kappa shape index (κ2) is 5.59. The fraction of sp³-hybridized carbons (Fsp3) is 0.562. The van der Waals surface area contributed by atoms with Gasteiger partial charge in [-0.15, -0.1) is 0 Å². The van der Waals surface area contributed by atoms with Crippen LogP contribution in [0.3, 0.4) is 0 Å². The lowest BCUT2D eigenvalue weighted by atomic mass is 10.1. The molecule has 6 nitrogen and oxygen atoms in total. The highest BCUT2D eigenvalue weighted by Gasteiger charge is 2.40. The van der Waals surface area contributed by atoms with Crippen LogP contribution in [-0.2, 0) is 0 Å². The SMILES string of the molecule is CC(C)NC(=O)c1ccc(N2CC3CCC2C3)c([N+](=O)[O-])c1. The van der Waals surface area contributed by atoms with Crippen molar-refractivity contribution >= 4 is 17.3 Å². The fourth-order valence-corrected chi connectivity index (χ4v) is 3.62. The fourth-order valence-electron chi connectivity index (χ4n) is 3.62. The van der Waals surface area contributed by atoms with E-state index in [0.717, 1.165) is 19.4 Å². The van der Waals surface area contributed by atoms with Crippen molar-refractivity contribution in [1.29, 1.82) is 0 Å². The van der Waals surface area contributed by atoms with E-state index in [1.54, 1.807) is 12.1 Å². The summed E-state index contributed by atoms with van der Waals surface area (Å²) in [7, 11) is 0. The predicted molar refractivity (Wildman–Crippen MR) is 84.2 cm³/mol. The van der Waals surface area contributed by atoms with E-state index in [0.29, 0.717) is 23.2 Å². The summed E-state index contributed by atoms with van der Waals surface area (Å²) in [5.41, 5.74) is 1.02. The van der Waals surface area contributed by atoms with Crippen LogP contribution in [0.1, 0.15) is 43.5 Å². The highest BCUT2D eigenvalue weighted by molar-refractivity contribution is 5.96. The number of fused-ring (bicyclic) bond motifs is 2. The number of nitro groups is 1. The van der Waals surface area contributed by atoms with Gasteiger partial charge in [0.15, 0.2) is 0 Å². The summed E-state index contributed by atoms with van der Waals surface area (Å²) in [5.74, 6) is 0.390. The van der Waals surface area contributed by atoms with E-state index in [9.17, 15) is 14.9 Å². The molecule has 1 aliphatic carbocycles. The van der Waals surface area contributed by atoms with Crippen LogP contribution in [0.4, 0.5) is 11.4 Å². The number of benzene rings is 1. The maximum Gasteiger partial charge on any atom is 0.293 e. The molecule has 3 rings (SSSR count). The quantitative estimate of drug-likeness (QED) is 0.685. The number of nitrogens with zero attached hydrogens (tertiary/aromatic N) is 2. The Morgan fingerprint density at radius 2 is 2.18 bits per heavy atom. The number of rotatable bonds is 4. The van der Waals surface area contributed by atoms with Crippen LogP contribution in [0.15, 0.2) is 18.2 Å². The van der Waals surface area contributed by atoms with E-state index < -0.39 is 0 Å². The molecule has 2 unspecified atom stereocenters. The molecule has 1 N–H and O–H groups in total. The highest BCUT2D eigenvalue weighted by atomic mass is 16.6. The van der Waals surface area contributed by atoms with Crippen molar-refractivity contribution in [3.05, 3.63) is 33.9 Å². The van der Waals surface area contributed by atoms with Crippen LogP contribution in [0.2, 0.25) is 0 Å². The summed E-state index contributed by atoms with van der Waals surface area (Å²) >= 11 is 0. The van der Waals surface area contributed by atoms with Gasteiger partial charge in [-0.1, -0.05) is 0 Å². The first kappa shape index (κ1) is 14.8. The van der Waals surface area contributed by atoms with Gasteiger partial charge in [0, 0.05) is 30.3 Å². The van der Waals surface area contributed by atoms with Gasteiger partial charge < -0.3 is 10.2 Å². The van der Waals surface area contributed by atoms with Crippen LogP contribution in [0.25, 0.3) is 0 Å². The Kier molecular flexibility index (Phi) is 3.76. The van der Waals surface area contributed by atoms with Crippen molar-refractivity contribution < 1.29 is 9.72 Å². The Bertz CT molecular complexity index is 615. The number of carbonyl (C=O) groups excluding carboxylic acids is 1. The summed E-state index contributed by atoms with van der Waals surface area (Å²) in [6, 6.07) is 5.23. The first-order chi connectivity index (χ1) is 10.5. The number of hydrogen-bond donors (Lipinski definition) is 1. The first-order valence-electron chi connectivity index (χ1n) is 7.81. The average molecular weight is 303 g/mol. The Labute approximate surface area is 129 Å². The predicted octanol–water partition coefficient (Wildman–Crippen LogP) is 2.72. The van der Waals surface area contributed by atoms with E-state index in [2.05, 4.69) is 10.2 Å². The van der Waals surface area contributed by atoms with Gasteiger partial charge in [0.05, 0.1) is 4.92 Å². The van der Waals surface area contributed by atoms with Gasteiger partial charge >= 0.3 is 0 Å². The van der Waals surface area contributed by atoms with E-state index >= 15 is 0 Å². The Hall–Kier alpha value is -2.11. The van der Waals surface area contributed by atoms with Crippen LogP contribution >= 0.6 is 0 Å². The van der Waals surface area contributed by atoms with E-state index in [1.807, 2.05) is 13.8 Å². The van der Waals surface area contributed by atoms with Gasteiger partial charge in [0.1, 0.15) is 5.69 Å². The van der Waals surface area contributed by atoms with Gasteiger partial charge in [-0.25, -0.2) is 0 Å². The smallest absolute Gasteiger partial charge is 0.293 e. The zero-order valence-electron chi connectivity index (χ0n) is 12.9. The summed E-state index contributed by atoms with van der Waals surface area (Å²) < 4.78 is 0. The molecule has 1 amide bonds. The summed E-state index contributed by atoms with van der Waals surface area (Å²) in [4.78, 5) is 25.2. The molecular formula is C16H21N3O3. The maximum absolute atomic E-state index is 12.0. The molecule has 118 valence electrons. The second-order valence-electron chi connectivity index (χ2n) is 6.57. The van der Waals surface area contributed by atoms with E-state index in [4.69, 9.17) is 0 Å². The van der Waals surface area contributed by atoms with Crippen molar-refractivity contribution in [2.45, 2.75) is 45.2 Å². The normalized spacial score (nSPS) is 23.1. The molecule has 1 heterocycles. The molecule has 0 spiro atoms. The lowest BCUT2D eigenvalue weighted by Gasteiger charge is -2.28. The third-order valence-corrected chi connectivity index (χ3v) is 4.57. The Balaban J connectivity index is 1.91. The topological polar surface area (TPSA) is 75.5 Å². The summed E-state index contributed by atoms with van der Waals surface area (Å²) in [6.45, 7) is 4.62. The molecular weight excluding hydrogens is 282 g/mol. The van der Waals surface area contributed by atoms with Crippen LogP contribution in [0.5, 0.6) is 0 Å². The van der Waals surface area contributed by atoms with Crippen LogP contribution in [0, 0.1) is 16.0 Å². The lowest BCUT2D eigenvalue weighted by molar-refractivity contribution is -0.384. The molecule has 2 atom stereocenters. The van der Waals surface area contributed by atoms with Gasteiger partial charge in [0.2, 0.25) is 0 Å². The minimum Gasteiger partial charge on any atom is -0.363 e. The average Bonchev–Trinajstić information content (AvgIpc) is 3.08. The van der Waals surface area contributed by atoms with Gasteiger partial charge in [-0.3, -0.25) is 14.9 Å². The third kappa shape index (κ3) is 2.65. The van der Waals surface area contributed by atoms with Crippen molar-refractivity contribution in [2.24, 2.45) is 5.92 Å². The molecule has 0 radical (unpaired) electrons. The Morgan fingerprint density at radius 1 is 1.41 bits per heavy atom. The molecule has 2 aliphatic rings. The number of piperidine rings is 1. The largest absolute Gasteiger partial charge is 0.363 e.